The Labute approximate surface area is 197 Å². The van der Waals surface area contributed by atoms with Crippen LogP contribution in [0.5, 0.6) is 5.75 Å². The number of methoxy groups -OCH3 is 1. The van der Waals surface area contributed by atoms with Gasteiger partial charge in [0, 0.05) is 24.1 Å². The first-order valence-corrected chi connectivity index (χ1v) is 12.3. The van der Waals surface area contributed by atoms with Crippen LogP contribution in [0.3, 0.4) is 0 Å². The summed E-state index contributed by atoms with van der Waals surface area (Å²) in [4.78, 5) is 16.9. The maximum absolute atomic E-state index is 12.9. The number of hydrogen-bond acceptors (Lipinski definition) is 7. The minimum Gasteiger partial charge on any atom is -0.495 e. The van der Waals surface area contributed by atoms with Gasteiger partial charge in [-0.2, -0.15) is 0 Å². The van der Waals surface area contributed by atoms with Gasteiger partial charge in [-0.1, -0.05) is 12.1 Å². The maximum Gasteiger partial charge on any atom is 0.251 e. The summed E-state index contributed by atoms with van der Waals surface area (Å²) in [5.74, 6) is 1.25. The fraction of sp³-hybridized carbons (Fsp3) is 0.200. The largest absolute Gasteiger partial charge is 0.495 e. The van der Waals surface area contributed by atoms with Crippen molar-refractivity contribution in [2.45, 2.75) is 24.0 Å². The Kier molecular flexibility index (Phi) is 6.83. The molecule has 1 amide bonds. The van der Waals surface area contributed by atoms with Crippen molar-refractivity contribution in [3.63, 3.8) is 0 Å². The molecule has 4 rings (SSSR count). The molecule has 2 aromatic heterocycles. The molecule has 0 aliphatic heterocycles. The van der Waals surface area contributed by atoms with Crippen molar-refractivity contribution in [2.24, 2.45) is 0 Å². The summed E-state index contributed by atoms with van der Waals surface area (Å²) in [5, 5.41) is 2.85. The number of carbonyl (C=O) groups is 1. The second-order valence-electron chi connectivity index (χ2n) is 7.59. The summed E-state index contributed by atoms with van der Waals surface area (Å²) in [6.45, 7) is 2.13. The molecule has 176 valence electrons. The number of aryl methyl sites for hydroxylation is 1. The predicted octanol–water partition coefficient (Wildman–Crippen LogP) is 4.20. The Balaban J connectivity index is 1.45. The van der Waals surface area contributed by atoms with Gasteiger partial charge in [0.25, 0.3) is 5.91 Å². The summed E-state index contributed by atoms with van der Waals surface area (Å²) in [5.41, 5.74) is 1.45. The van der Waals surface area contributed by atoms with Crippen LogP contribution in [-0.2, 0) is 22.0 Å². The molecule has 0 aliphatic carbocycles. The normalized spacial score (nSPS) is 11.4. The number of nitrogens with zero attached hydrogens (tertiary/aromatic N) is 1. The van der Waals surface area contributed by atoms with E-state index in [0.29, 0.717) is 35.5 Å². The lowest BCUT2D eigenvalue weighted by atomic mass is 10.1. The van der Waals surface area contributed by atoms with Crippen LogP contribution in [0.1, 0.15) is 27.6 Å². The van der Waals surface area contributed by atoms with Crippen LogP contribution in [0.15, 0.2) is 80.7 Å². The highest BCUT2D eigenvalue weighted by Crippen LogP contribution is 2.29. The first-order valence-electron chi connectivity index (χ1n) is 10.6. The highest BCUT2D eigenvalue weighted by molar-refractivity contribution is 7.90. The second kappa shape index (κ2) is 9.96. The number of aromatic nitrogens is 1. The molecule has 0 fully saturated rings. The Morgan fingerprint density at radius 3 is 2.53 bits per heavy atom. The van der Waals surface area contributed by atoms with Gasteiger partial charge in [-0.25, -0.2) is 13.4 Å². The average Bonchev–Trinajstić information content (AvgIpc) is 3.49. The van der Waals surface area contributed by atoms with Gasteiger partial charge in [0.05, 0.1) is 19.1 Å². The van der Waals surface area contributed by atoms with Gasteiger partial charge in [0.15, 0.2) is 9.84 Å². The van der Waals surface area contributed by atoms with E-state index >= 15 is 0 Å². The van der Waals surface area contributed by atoms with Gasteiger partial charge in [-0.15, -0.1) is 0 Å². The fourth-order valence-electron chi connectivity index (χ4n) is 3.44. The number of nitrogens with one attached hydrogen (secondary N) is 1. The summed E-state index contributed by atoms with van der Waals surface area (Å²) < 4.78 is 42.1. The van der Waals surface area contributed by atoms with E-state index in [4.69, 9.17) is 13.6 Å². The van der Waals surface area contributed by atoms with Crippen molar-refractivity contribution < 1.29 is 26.8 Å². The predicted molar refractivity (Wildman–Crippen MR) is 125 cm³/mol. The molecule has 2 heterocycles. The molecule has 2 aromatic carbocycles. The molecule has 0 bridgehead atoms. The molecule has 1 N–H and O–H groups in total. The van der Waals surface area contributed by atoms with Crippen LogP contribution in [0.2, 0.25) is 0 Å². The summed E-state index contributed by atoms with van der Waals surface area (Å²) in [6, 6.07) is 16.9. The van der Waals surface area contributed by atoms with Gasteiger partial charge < -0.3 is 18.9 Å². The number of furan rings is 1. The Hall–Kier alpha value is -3.85. The third kappa shape index (κ3) is 5.20. The zero-order valence-corrected chi connectivity index (χ0v) is 19.6. The van der Waals surface area contributed by atoms with Crippen molar-refractivity contribution >= 4 is 15.7 Å². The Morgan fingerprint density at radius 2 is 1.82 bits per heavy atom. The number of amides is 1. The average molecular weight is 481 g/mol. The number of benzene rings is 2. The summed E-state index contributed by atoms with van der Waals surface area (Å²) >= 11 is 0. The van der Waals surface area contributed by atoms with Crippen LogP contribution in [0.25, 0.3) is 11.5 Å². The smallest absolute Gasteiger partial charge is 0.251 e. The zero-order chi connectivity index (χ0) is 24.1. The van der Waals surface area contributed by atoms with Gasteiger partial charge in [0.2, 0.25) is 5.89 Å². The maximum atomic E-state index is 12.9. The SMILES string of the molecule is COc1ccccc1S(=O)(=O)Cc1nc(-c2ccc(C(=O)NCCc3ccco3)cc2)oc1C. The molecule has 0 radical (unpaired) electrons. The van der Waals surface area contributed by atoms with Crippen LogP contribution < -0.4 is 10.1 Å². The van der Waals surface area contributed by atoms with E-state index in [-0.39, 0.29) is 28.2 Å². The quantitative estimate of drug-likeness (QED) is 0.382. The van der Waals surface area contributed by atoms with Crippen molar-refractivity contribution in [3.8, 4) is 17.2 Å². The van der Waals surface area contributed by atoms with Crippen LogP contribution >= 0.6 is 0 Å². The molecule has 0 unspecified atom stereocenters. The third-order valence-corrected chi connectivity index (χ3v) is 6.92. The van der Waals surface area contributed by atoms with E-state index in [1.165, 1.54) is 13.2 Å². The number of rotatable bonds is 9. The summed E-state index contributed by atoms with van der Waals surface area (Å²) in [6.07, 6.45) is 2.20. The molecule has 0 aliphatic rings. The standard InChI is InChI=1S/C25H24N2O6S/c1-17-21(16-34(29,30)23-8-4-3-7-22(23)31-2)27-25(33-17)19-11-9-18(10-12-19)24(28)26-14-13-20-6-5-15-32-20/h3-12,15H,13-14,16H2,1-2H3,(H,26,28). The number of para-hydroxylation sites is 1. The Bertz CT molecular complexity index is 1370. The van der Waals surface area contributed by atoms with Crippen LogP contribution in [0, 0.1) is 6.92 Å². The van der Waals surface area contributed by atoms with Gasteiger partial charge in [-0.3, -0.25) is 4.79 Å². The zero-order valence-electron chi connectivity index (χ0n) is 18.8. The number of ether oxygens (including phenoxy) is 1. The lowest BCUT2D eigenvalue weighted by Crippen LogP contribution is -2.25. The van der Waals surface area contributed by atoms with Crippen molar-refractivity contribution in [2.75, 3.05) is 13.7 Å². The van der Waals surface area contributed by atoms with Gasteiger partial charge in [-0.05, 0) is 55.5 Å². The molecular weight excluding hydrogens is 456 g/mol. The van der Waals surface area contributed by atoms with Crippen molar-refractivity contribution in [1.82, 2.24) is 10.3 Å². The van der Waals surface area contributed by atoms with Crippen molar-refractivity contribution in [3.05, 3.63) is 89.7 Å². The fourth-order valence-corrected chi connectivity index (χ4v) is 4.97. The van der Waals surface area contributed by atoms with Crippen LogP contribution in [0.4, 0.5) is 0 Å². The van der Waals surface area contributed by atoms with E-state index < -0.39 is 9.84 Å². The van der Waals surface area contributed by atoms with Crippen molar-refractivity contribution in [1.29, 1.82) is 0 Å². The molecule has 8 nitrogen and oxygen atoms in total. The first-order chi connectivity index (χ1) is 16.4. The minimum atomic E-state index is -3.70. The molecule has 0 spiro atoms. The molecule has 4 aromatic rings. The Morgan fingerprint density at radius 1 is 1.06 bits per heavy atom. The minimum absolute atomic E-state index is 0.101. The number of hydrogen-bond donors (Lipinski definition) is 1. The molecule has 34 heavy (non-hydrogen) atoms. The molecule has 0 atom stereocenters. The topological polar surface area (TPSA) is 112 Å². The second-order valence-corrected chi connectivity index (χ2v) is 9.55. The first kappa shape index (κ1) is 23.3. The van der Waals surface area contributed by atoms with Gasteiger partial charge in [0.1, 0.15) is 27.9 Å². The lowest BCUT2D eigenvalue weighted by molar-refractivity contribution is 0.0953. The van der Waals surface area contributed by atoms with E-state index in [1.807, 2.05) is 6.07 Å². The highest BCUT2D eigenvalue weighted by Gasteiger charge is 2.24. The van der Waals surface area contributed by atoms with Crippen LogP contribution in [-0.4, -0.2) is 33.0 Å². The van der Waals surface area contributed by atoms with E-state index in [1.54, 1.807) is 61.7 Å². The molecule has 9 heteroatoms. The third-order valence-electron chi connectivity index (χ3n) is 5.25. The lowest BCUT2D eigenvalue weighted by Gasteiger charge is -2.08. The highest BCUT2D eigenvalue weighted by atomic mass is 32.2. The number of carbonyl (C=O) groups excluding carboxylic acids is 1. The molecule has 0 saturated heterocycles. The van der Waals surface area contributed by atoms with E-state index in [2.05, 4.69) is 10.3 Å². The number of sulfone groups is 1. The monoisotopic (exact) mass is 480 g/mol. The van der Waals surface area contributed by atoms with E-state index in [9.17, 15) is 13.2 Å². The van der Waals surface area contributed by atoms with E-state index in [0.717, 1.165) is 5.76 Å². The van der Waals surface area contributed by atoms with Gasteiger partial charge >= 0.3 is 0 Å². The number of oxazole rings is 1. The molecule has 0 saturated carbocycles. The molecular formula is C25H24N2O6S. The summed E-state index contributed by atoms with van der Waals surface area (Å²) in [7, 11) is -2.27.